The van der Waals surface area contributed by atoms with Crippen LogP contribution in [-0.2, 0) is 6.54 Å². The molecule has 0 saturated heterocycles. The van der Waals surface area contributed by atoms with Crippen LogP contribution in [0.15, 0.2) is 55.0 Å². The van der Waals surface area contributed by atoms with E-state index in [2.05, 4.69) is 15.6 Å². The molecule has 0 spiro atoms. The van der Waals surface area contributed by atoms with Gasteiger partial charge in [0.1, 0.15) is 0 Å². The van der Waals surface area contributed by atoms with E-state index in [1.165, 1.54) is 5.56 Å². The Bertz CT molecular complexity index is 576. The number of carbonyl (C=O) groups is 1. The van der Waals surface area contributed by atoms with Gasteiger partial charge in [-0.3, -0.25) is 4.98 Å². The van der Waals surface area contributed by atoms with Crippen LogP contribution in [0.3, 0.4) is 0 Å². The van der Waals surface area contributed by atoms with Crippen molar-refractivity contribution in [2.45, 2.75) is 13.5 Å². The lowest BCUT2D eigenvalue weighted by Gasteiger charge is -2.04. The Morgan fingerprint density at radius 3 is 2.75 bits per heavy atom. The van der Waals surface area contributed by atoms with Gasteiger partial charge in [-0.2, -0.15) is 0 Å². The van der Waals surface area contributed by atoms with Crippen LogP contribution in [0.1, 0.15) is 16.7 Å². The van der Waals surface area contributed by atoms with Crippen LogP contribution < -0.4 is 10.6 Å². The second kappa shape index (κ2) is 7.09. The van der Waals surface area contributed by atoms with Crippen molar-refractivity contribution in [2.24, 2.45) is 0 Å². The number of hydrogen-bond donors (Lipinski definition) is 2. The summed E-state index contributed by atoms with van der Waals surface area (Å²) in [5.74, 6) is 0. The average molecular weight is 267 g/mol. The first-order valence-corrected chi connectivity index (χ1v) is 6.40. The Balaban J connectivity index is 1.76. The number of aromatic nitrogens is 1. The number of hydrogen-bond acceptors (Lipinski definition) is 2. The highest BCUT2D eigenvalue weighted by Gasteiger charge is 1.97. The molecule has 20 heavy (non-hydrogen) atoms. The van der Waals surface area contributed by atoms with E-state index in [0.717, 1.165) is 11.1 Å². The molecular formula is C16H17N3O. The van der Waals surface area contributed by atoms with E-state index >= 15 is 0 Å². The number of pyridine rings is 1. The van der Waals surface area contributed by atoms with Crippen LogP contribution in [0.5, 0.6) is 0 Å². The van der Waals surface area contributed by atoms with E-state index in [0.29, 0.717) is 6.54 Å². The molecular weight excluding hydrogens is 250 g/mol. The molecule has 0 radical (unpaired) electrons. The summed E-state index contributed by atoms with van der Waals surface area (Å²) >= 11 is 0. The van der Waals surface area contributed by atoms with Crippen LogP contribution >= 0.6 is 0 Å². The number of nitrogens with zero attached hydrogens (tertiary/aromatic N) is 1. The Morgan fingerprint density at radius 2 is 2.05 bits per heavy atom. The van der Waals surface area contributed by atoms with Crippen molar-refractivity contribution in [3.63, 3.8) is 0 Å². The van der Waals surface area contributed by atoms with Gasteiger partial charge < -0.3 is 10.6 Å². The molecule has 2 aromatic rings. The van der Waals surface area contributed by atoms with Gasteiger partial charge in [-0.15, -0.1) is 0 Å². The zero-order valence-corrected chi connectivity index (χ0v) is 11.3. The summed E-state index contributed by atoms with van der Waals surface area (Å²) in [6.45, 7) is 2.50. The summed E-state index contributed by atoms with van der Waals surface area (Å²) in [6.07, 6.45) is 6.91. The molecule has 0 fully saturated rings. The first kappa shape index (κ1) is 13.8. The normalized spacial score (nSPS) is 10.4. The maximum Gasteiger partial charge on any atom is 0.319 e. The van der Waals surface area contributed by atoms with Gasteiger partial charge in [0, 0.05) is 25.1 Å². The predicted molar refractivity (Wildman–Crippen MR) is 79.8 cm³/mol. The summed E-state index contributed by atoms with van der Waals surface area (Å²) in [5, 5.41) is 5.42. The Kier molecular flexibility index (Phi) is 4.89. The standard InChI is InChI=1S/C16H17N3O/c1-13-4-6-14(7-5-13)8-10-18-16(20)19-12-15-3-2-9-17-11-15/h2-11H,12H2,1H3,(H2,18,19,20)/b10-8+. The SMILES string of the molecule is Cc1ccc(/C=C/NC(=O)NCc2cccnc2)cc1. The van der Waals surface area contributed by atoms with Crippen molar-refractivity contribution in [1.29, 1.82) is 0 Å². The van der Waals surface area contributed by atoms with Crippen LogP contribution in [0.4, 0.5) is 4.79 Å². The molecule has 0 aliphatic carbocycles. The monoisotopic (exact) mass is 267 g/mol. The van der Waals surface area contributed by atoms with E-state index in [-0.39, 0.29) is 6.03 Å². The van der Waals surface area contributed by atoms with Crippen molar-refractivity contribution in [2.75, 3.05) is 0 Å². The first-order valence-electron chi connectivity index (χ1n) is 6.40. The third-order valence-electron chi connectivity index (χ3n) is 2.74. The molecule has 0 saturated carbocycles. The van der Waals surface area contributed by atoms with Gasteiger partial charge in [0.05, 0.1) is 0 Å². The van der Waals surface area contributed by atoms with Crippen LogP contribution in [0, 0.1) is 6.92 Å². The zero-order chi connectivity index (χ0) is 14.2. The maximum atomic E-state index is 11.6. The smallest absolute Gasteiger partial charge is 0.319 e. The maximum absolute atomic E-state index is 11.6. The summed E-state index contributed by atoms with van der Waals surface area (Å²) < 4.78 is 0. The lowest BCUT2D eigenvalue weighted by molar-refractivity contribution is 0.244. The van der Waals surface area contributed by atoms with Crippen LogP contribution in [-0.4, -0.2) is 11.0 Å². The van der Waals surface area contributed by atoms with Gasteiger partial charge in [0.25, 0.3) is 0 Å². The topological polar surface area (TPSA) is 54.0 Å². The second-order valence-electron chi connectivity index (χ2n) is 4.43. The van der Waals surface area contributed by atoms with E-state index in [4.69, 9.17) is 0 Å². The van der Waals surface area contributed by atoms with Crippen molar-refractivity contribution in [3.05, 3.63) is 71.7 Å². The molecule has 102 valence electrons. The van der Waals surface area contributed by atoms with Crippen molar-refractivity contribution >= 4 is 12.1 Å². The van der Waals surface area contributed by atoms with Gasteiger partial charge in [-0.1, -0.05) is 35.9 Å². The fourth-order valence-electron chi connectivity index (χ4n) is 1.63. The van der Waals surface area contributed by atoms with Gasteiger partial charge >= 0.3 is 6.03 Å². The number of aryl methyl sites for hydroxylation is 1. The highest BCUT2D eigenvalue weighted by molar-refractivity contribution is 5.75. The lowest BCUT2D eigenvalue weighted by atomic mass is 10.1. The third-order valence-corrected chi connectivity index (χ3v) is 2.74. The molecule has 2 amide bonds. The molecule has 1 heterocycles. The highest BCUT2D eigenvalue weighted by atomic mass is 16.2. The fourth-order valence-corrected chi connectivity index (χ4v) is 1.63. The number of amides is 2. The fraction of sp³-hybridized carbons (Fsp3) is 0.125. The van der Waals surface area contributed by atoms with E-state index < -0.39 is 0 Å². The summed E-state index contributed by atoms with van der Waals surface area (Å²) in [7, 11) is 0. The molecule has 2 N–H and O–H groups in total. The predicted octanol–water partition coefficient (Wildman–Crippen LogP) is 2.86. The number of carbonyl (C=O) groups excluding carboxylic acids is 1. The van der Waals surface area contributed by atoms with Gasteiger partial charge in [0.15, 0.2) is 0 Å². The Labute approximate surface area is 118 Å². The largest absolute Gasteiger partial charge is 0.334 e. The van der Waals surface area contributed by atoms with Gasteiger partial charge in [-0.05, 0) is 30.2 Å². The molecule has 0 atom stereocenters. The zero-order valence-electron chi connectivity index (χ0n) is 11.3. The average Bonchev–Trinajstić information content (AvgIpc) is 2.48. The molecule has 1 aromatic heterocycles. The van der Waals surface area contributed by atoms with Crippen LogP contribution in [0.2, 0.25) is 0 Å². The molecule has 0 unspecified atom stereocenters. The molecule has 2 rings (SSSR count). The number of benzene rings is 1. The van der Waals surface area contributed by atoms with Gasteiger partial charge in [0.2, 0.25) is 0 Å². The molecule has 0 bridgehead atoms. The minimum Gasteiger partial charge on any atom is -0.334 e. The number of nitrogens with one attached hydrogen (secondary N) is 2. The third kappa shape index (κ3) is 4.57. The van der Waals surface area contributed by atoms with Crippen molar-refractivity contribution < 1.29 is 4.79 Å². The summed E-state index contributed by atoms with van der Waals surface area (Å²) in [4.78, 5) is 15.6. The summed E-state index contributed by atoms with van der Waals surface area (Å²) in [5.41, 5.74) is 3.22. The highest BCUT2D eigenvalue weighted by Crippen LogP contribution is 2.04. The lowest BCUT2D eigenvalue weighted by Crippen LogP contribution is -2.31. The molecule has 0 aliphatic rings. The Hall–Kier alpha value is -2.62. The van der Waals surface area contributed by atoms with Crippen molar-refractivity contribution in [1.82, 2.24) is 15.6 Å². The molecule has 4 nitrogen and oxygen atoms in total. The molecule has 1 aromatic carbocycles. The summed E-state index contributed by atoms with van der Waals surface area (Å²) in [6, 6.07) is 11.6. The number of rotatable bonds is 4. The van der Waals surface area contributed by atoms with Gasteiger partial charge in [-0.25, -0.2) is 4.79 Å². The quantitative estimate of drug-likeness (QED) is 0.895. The van der Waals surface area contributed by atoms with Crippen molar-refractivity contribution in [3.8, 4) is 0 Å². The first-order chi connectivity index (χ1) is 9.74. The second-order valence-corrected chi connectivity index (χ2v) is 4.43. The molecule has 4 heteroatoms. The molecule has 0 aliphatic heterocycles. The Morgan fingerprint density at radius 1 is 1.25 bits per heavy atom. The van der Waals surface area contributed by atoms with E-state index in [9.17, 15) is 4.79 Å². The van der Waals surface area contributed by atoms with Crippen LogP contribution in [0.25, 0.3) is 6.08 Å². The number of urea groups is 1. The minimum atomic E-state index is -0.239. The van der Waals surface area contributed by atoms with E-state index in [1.54, 1.807) is 18.6 Å². The minimum absolute atomic E-state index is 0.239. The van der Waals surface area contributed by atoms with E-state index in [1.807, 2.05) is 49.4 Å².